The first kappa shape index (κ1) is 16.2. The smallest absolute Gasteiger partial charge is 0.248 e. The molecule has 1 aliphatic carbocycles. The number of ether oxygens (including phenoxy) is 1. The van der Waals surface area contributed by atoms with Gasteiger partial charge in [0.25, 0.3) is 0 Å². The second-order valence-corrected chi connectivity index (χ2v) is 6.62. The Kier molecular flexibility index (Phi) is 5.53. The highest BCUT2D eigenvalue weighted by Crippen LogP contribution is 2.37. The summed E-state index contributed by atoms with van der Waals surface area (Å²) in [5.74, 6) is 0.279. The van der Waals surface area contributed by atoms with Crippen molar-refractivity contribution in [2.24, 2.45) is 11.7 Å². The maximum absolute atomic E-state index is 12.2. The molecule has 0 saturated heterocycles. The molecule has 0 unspecified atom stereocenters. The zero-order valence-electron chi connectivity index (χ0n) is 12.0. The number of nitrogens with two attached hydrogens (primary N) is 1. The Morgan fingerprint density at radius 3 is 2.43 bits per heavy atom. The Balaban J connectivity index is 1.89. The molecule has 4 nitrogen and oxygen atoms in total. The van der Waals surface area contributed by atoms with Gasteiger partial charge in [0, 0.05) is 19.1 Å². The number of primary amides is 1. The Bertz CT molecular complexity index is 511. The third kappa shape index (κ3) is 4.64. The van der Waals surface area contributed by atoms with Crippen LogP contribution >= 0.6 is 15.9 Å². The third-order valence-electron chi connectivity index (χ3n) is 3.86. The third-order valence-corrected chi connectivity index (χ3v) is 4.74. The van der Waals surface area contributed by atoms with Crippen LogP contribution in [-0.4, -0.2) is 29.7 Å². The number of halogens is 1. The van der Waals surface area contributed by atoms with Crippen LogP contribution in [0, 0.1) is 5.92 Å². The lowest BCUT2D eigenvalue weighted by molar-refractivity contribution is -0.118. The monoisotopic (exact) mass is 353 g/mol. The number of alkyl halides is 1. The van der Waals surface area contributed by atoms with Gasteiger partial charge in [-0.2, -0.15) is 0 Å². The Hall–Kier alpha value is -1.20. The Morgan fingerprint density at radius 2 is 1.95 bits per heavy atom. The zero-order valence-corrected chi connectivity index (χ0v) is 13.6. The van der Waals surface area contributed by atoms with Gasteiger partial charge in [-0.3, -0.25) is 9.59 Å². The maximum atomic E-state index is 12.2. The molecule has 1 amide bonds. The molecule has 1 saturated carbocycles. The molecule has 1 fully saturated rings. The molecule has 1 aliphatic rings. The van der Waals surface area contributed by atoms with Gasteiger partial charge >= 0.3 is 0 Å². The van der Waals surface area contributed by atoms with Crippen molar-refractivity contribution >= 4 is 27.6 Å². The first-order chi connectivity index (χ1) is 10.0. The molecule has 1 aromatic rings. The van der Waals surface area contributed by atoms with E-state index in [0.717, 1.165) is 5.56 Å². The van der Waals surface area contributed by atoms with Crippen LogP contribution in [0.1, 0.15) is 35.2 Å². The van der Waals surface area contributed by atoms with Crippen LogP contribution in [0.2, 0.25) is 0 Å². The molecule has 1 aromatic carbocycles. The molecule has 0 radical (unpaired) electrons. The van der Waals surface area contributed by atoms with Gasteiger partial charge < -0.3 is 10.5 Å². The minimum Gasteiger partial charge on any atom is -0.381 e. The van der Waals surface area contributed by atoms with Gasteiger partial charge in [-0.25, -0.2) is 0 Å². The molecule has 0 heterocycles. The topological polar surface area (TPSA) is 69.4 Å². The molecular weight excluding hydrogens is 334 g/mol. The van der Waals surface area contributed by atoms with Crippen molar-refractivity contribution in [3.8, 4) is 0 Å². The normalized spacial score (nSPS) is 17.2. The second kappa shape index (κ2) is 7.18. The molecule has 0 bridgehead atoms. The number of methoxy groups -OCH3 is 1. The lowest BCUT2D eigenvalue weighted by atomic mass is 10.0. The summed E-state index contributed by atoms with van der Waals surface area (Å²) in [7, 11) is 1.70. The number of amides is 1. The van der Waals surface area contributed by atoms with E-state index in [9.17, 15) is 9.59 Å². The predicted octanol–water partition coefficient (Wildman–Crippen LogP) is 2.48. The van der Waals surface area contributed by atoms with Crippen molar-refractivity contribution in [1.82, 2.24) is 0 Å². The lowest BCUT2D eigenvalue weighted by Crippen LogP contribution is -2.25. The molecule has 0 aromatic heterocycles. The van der Waals surface area contributed by atoms with Crippen molar-refractivity contribution in [3.63, 3.8) is 0 Å². The van der Waals surface area contributed by atoms with E-state index in [2.05, 4.69) is 15.9 Å². The van der Waals surface area contributed by atoms with Crippen LogP contribution in [-0.2, 0) is 16.0 Å². The van der Waals surface area contributed by atoms with E-state index < -0.39 is 5.91 Å². The average molecular weight is 354 g/mol. The summed E-state index contributed by atoms with van der Waals surface area (Å²) < 4.78 is 5.45. The van der Waals surface area contributed by atoms with E-state index in [4.69, 9.17) is 10.5 Å². The van der Waals surface area contributed by atoms with E-state index >= 15 is 0 Å². The number of Topliss-reactive ketones (excluding diaryl/α,β-unsaturated/α-hetero) is 1. The first-order valence-electron chi connectivity index (χ1n) is 7.09. The number of rotatable bonds is 8. The SMILES string of the molecule is CO[C@H](C[C@@H](Br)C(=O)Cc1ccc(C(N)=O)cc1)C1CC1. The summed E-state index contributed by atoms with van der Waals surface area (Å²) in [5, 5.41) is 0. The summed E-state index contributed by atoms with van der Waals surface area (Å²) in [6, 6.07) is 6.84. The number of carbonyl (C=O) groups excluding carboxylic acids is 2. The number of carbonyl (C=O) groups is 2. The largest absolute Gasteiger partial charge is 0.381 e. The molecular formula is C16H20BrNO3. The van der Waals surface area contributed by atoms with E-state index in [0.29, 0.717) is 24.3 Å². The van der Waals surface area contributed by atoms with Crippen LogP contribution in [0.25, 0.3) is 0 Å². The van der Waals surface area contributed by atoms with Gasteiger partial charge in [-0.15, -0.1) is 0 Å². The van der Waals surface area contributed by atoms with Gasteiger partial charge in [0.05, 0.1) is 10.9 Å². The Labute approximate surface area is 133 Å². The standard InChI is InChI=1S/C16H20BrNO3/c1-21-15(11-6-7-11)9-13(17)14(19)8-10-2-4-12(5-3-10)16(18)20/h2-5,11,13,15H,6-9H2,1H3,(H2,18,20)/t13-,15-/m1/s1. The van der Waals surface area contributed by atoms with Gasteiger partial charge in [-0.1, -0.05) is 28.1 Å². The lowest BCUT2D eigenvalue weighted by Gasteiger charge is -2.17. The summed E-state index contributed by atoms with van der Waals surface area (Å²) in [6.45, 7) is 0. The fourth-order valence-corrected chi connectivity index (χ4v) is 2.91. The molecule has 2 atom stereocenters. The molecule has 21 heavy (non-hydrogen) atoms. The maximum Gasteiger partial charge on any atom is 0.248 e. The number of ketones is 1. The number of hydrogen-bond donors (Lipinski definition) is 1. The summed E-state index contributed by atoms with van der Waals surface area (Å²) in [5.41, 5.74) is 6.53. The van der Waals surface area contributed by atoms with Gasteiger partial charge in [0.1, 0.15) is 0 Å². The van der Waals surface area contributed by atoms with Crippen molar-refractivity contribution in [3.05, 3.63) is 35.4 Å². The highest BCUT2D eigenvalue weighted by molar-refractivity contribution is 9.10. The summed E-state index contributed by atoms with van der Waals surface area (Å²) in [6.07, 6.45) is 3.60. The zero-order chi connectivity index (χ0) is 15.4. The van der Waals surface area contributed by atoms with E-state index in [1.54, 1.807) is 31.4 Å². The van der Waals surface area contributed by atoms with Crippen molar-refractivity contribution < 1.29 is 14.3 Å². The minimum absolute atomic E-state index is 0.129. The molecule has 0 spiro atoms. The highest BCUT2D eigenvalue weighted by atomic mass is 79.9. The van der Waals surface area contributed by atoms with Crippen LogP contribution in [0.3, 0.4) is 0 Å². The Morgan fingerprint density at radius 1 is 1.33 bits per heavy atom. The van der Waals surface area contributed by atoms with Crippen LogP contribution in [0.4, 0.5) is 0 Å². The molecule has 0 aliphatic heterocycles. The fraction of sp³-hybridized carbons (Fsp3) is 0.500. The number of hydrogen-bond acceptors (Lipinski definition) is 3. The quantitative estimate of drug-likeness (QED) is 0.729. The molecule has 5 heteroatoms. The number of benzene rings is 1. The van der Waals surface area contributed by atoms with E-state index in [1.807, 2.05) is 0 Å². The highest BCUT2D eigenvalue weighted by Gasteiger charge is 2.33. The predicted molar refractivity (Wildman–Crippen MR) is 84.5 cm³/mol. The van der Waals surface area contributed by atoms with E-state index in [1.165, 1.54) is 12.8 Å². The van der Waals surface area contributed by atoms with Gasteiger partial charge in [0.2, 0.25) is 5.91 Å². The van der Waals surface area contributed by atoms with Crippen LogP contribution in [0.15, 0.2) is 24.3 Å². The van der Waals surface area contributed by atoms with Gasteiger partial charge in [-0.05, 0) is 42.9 Å². The minimum atomic E-state index is -0.460. The fourth-order valence-electron chi connectivity index (χ4n) is 2.38. The van der Waals surface area contributed by atoms with Crippen molar-refractivity contribution in [1.29, 1.82) is 0 Å². The summed E-state index contributed by atoms with van der Waals surface area (Å²) in [4.78, 5) is 23.0. The summed E-state index contributed by atoms with van der Waals surface area (Å²) >= 11 is 3.47. The van der Waals surface area contributed by atoms with E-state index in [-0.39, 0.29) is 16.7 Å². The van der Waals surface area contributed by atoms with Crippen LogP contribution < -0.4 is 5.73 Å². The average Bonchev–Trinajstić information content (AvgIpc) is 3.29. The van der Waals surface area contributed by atoms with Crippen molar-refractivity contribution in [2.45, 2.75) is 36.6 Å². The first-order valence-corrected chi connectivity index (χ1v) is 8.01. The van der Waals surface area contributed by atoms with Crippen LogP contribution in [0.5, 0.6) is 0 Å². The molecule has 2 N–H and O–H groups in total. The van der Waals surface area contributed by atoms with Gasteiger partial charge in [0.15, 0.2) is 5.78 Å². The molecule has 2 rings (SSSR count). The van der Waals surface area contributed by atoms with Crippen molar-refractivity contribution in [2.75, 3.05) is 7.11 Å². The second-order valence-electron chi connectivity index (χ2n) is 5.52. The molecule has 114 valence electrons.